The van der Waals surface area contributed by atoms with Gasteiger partial charge in [0.05, 0.1) is 28.9 Å². The molecule has 8 bridgehead atoms. The fourth-order valence-electron chi connectivity index (χ4n) is 7.61. The van der Waals surface area contributed by atoms with E-state index in [0.717, 1.165) is 49.4 Å². The molecule has 0 spiro atoms. The molecule has 5 heterocycles. The zero-order chi connectivity index (χ0) is 38.8. The van der Waals surface area contributed by atoms with E-state index in [1.165, 1.54) is 0 Å². The maximum atomic E-state index is 12.2. The quantitative estimate of drug-likeness (QED) is 0.160. The van der Waals surface area contributed by atoms with Gasteiger partial charge in [-0.05, 0) is 72.7 Å². The summed E-state index contributed by atoms with van der Waals surface area (Å²) >= 11 is 0. The number of nitrogens with zero attached hydrogens (tertiary/aromatic N) is 8. The second-order valence-electron chi connectivity index (χ2n) is 17.5. The molecule has 0 radical (unpaired) electrons. The zero-order valence-electron chi connectivity index (χ0n) is 33.1. The van der Waals surface area contributed by atoms with E-state index < -0.39 is 5.97 Å². The van der Waals surface area contributed by atoms with Crippen LogP contribution in [0, 0.1) is 0 Å². The third kappa shape index (κ3) is 6.00. The fourth-order valence-corrected chi connectivity index (χ4v) is 7.61. The second-order valence-corrected chi connectivity index (χ2v) is 17.5. The second kappa shape index (κ2) is 12.7. The molecule has 0 unspecified atom stereocenters. The van der Waals surface area contributed by atoms with Crippen molar-refractivity contribution < 1.29 is 29.4 Å². The minimum Gasteiger partial charge on any atom is -0.478 e. The number of benzene rings is 4. The zero-order valence-corrected chi connectivity index (χ0v) is 36.0. The first-order valence-corrected chi connectivity index (χ1v) is 18.5. The summed E-state index contributed by atoms with van der Waals surface area (Å²) in [5.41, 5.74) is 7.61. The number of carboxylic acids is 1. The van der Waals surface area contributed by atoms with Crippen LogP contribution in [0.5, 0.6) is 0 Å². The molecule has 2 aliphatic heterocycles. The molecule has 2 aliphatic rings. The molecule has 0 aliphatic carbocycles. The normalized spacial score (nSPS) is 12.7. The first-order chi connectivity index (χ1) is 26.0. The third-order valence-electron chi connectivity index (χ3n) is 10.5. The maximum Gasteiger partial charge on any atom is 2.00 e. The fraction of sp³-hybridized carbons (Fsp3) is 0.267. The predicted octanol–water partition coefficient (Wildman–Crippen LogP) is 9.72. The summed E-state index contributed by atoms with van der Waals surface area (Å²) in [5.74, 6) is 0.653. The number of rotatable bonds is 1. The van der Waals surface area contributed by atoms with Crippen LogP contribution in [0.4, 0.5) is 0 Å². The number of carboxylic acid groups (broad SMARTS) is 1. The van der Waals surface area contributed by atoms with E-state index in [0.29, 0.717) is 57.0 Å². The monoisotopic (exact) mass is 788 g/mol. The molecule has 10 nitrogen and oxygen atoms in total. The summed E-state index contributed by atoms with van der Waals surface area (Å²) < 4.78 is 0. The molecule has 9 rings (SSSR count). The van der Waals surface area contributed by atoms with Gasteiger partial charge in [0.15, 0.2) is 0 Å². The van der Waals surface area contributed by atoms with Gasteiger partial charge in [-0.2, -0.15) is 0 Å². The van der Waals surface area contributed by atoms with Crippen LogP contribution in [0.1, 0.15) is 89.4 Å². The Morgan fingerprint density at radius 2 is 1.09 bits per heavy atom. The van der Waals surface area contributed by atoms with Crippen LogP contribution in [0.25, 0.3) is 89.7 Å². The molecule has 11 heteroatoms. The van der Waals surface area contributed by atoms with E-state index in [4.69, 9.17) is 39.9 Å². The van der Waals surface area contributed by atoms with E-state index in [1.807, 2.05) is 30.3 Å². The van der Waals surface area contributed by atoms with Crippen molar-refractivity contribution in [3.63, 3.8) is 0 Å². The summed E-state index contributed by atoms with van der Waals surface area (Å²) in [5, 5.41) is 13.3. The van der Waals surface area contributed by atoms with E-state index in [-0.39, 0.29) is 41.3 Å². The van der Waals surface area contributed by atoms with Crippen molar-refractivity contribution in [3.05, 3.63) is 95.1 Å². The number of hydrogen-bond donors (Lipinski definition) is 1. The van der Waals surface area contributed by atoms with Crippen molar-refractivity contribution >= 4 is 50.1 Å². The molecule has 0 amide bonds. The molecule has 3 aromatic heterocycles. The molecule has 274 valence electrons. The molecule has 1 N–H and O–H groups in total. The number of aromatic nitrogens is 8. The third-order valence-corrected chi connectivity index (χ3v) is 10.5. The van der Waals surface area contributed by atoms with Gasteiger partial charge in [0.1, 0.15) is 0 Å². The van der Waals surface area contributed by atoms with Crippen LogP contribution < -0.4 is 9.97 Å². The van der Waals surface area contributed by atoms with E-state index in [2.05, 4.69) is 86.6 Å². The van der Waals surface area contributed by atoms with Gasteiger partial charge in [0.2, 0.25) is 0 Å². The minimum atomic E-state index is -1.05. The number of aromatic carboxylic acids is 1. The van der Waals surface area contributed by atoms with Crippen molar-refractivity contribution in [3.8, 4) is 45.6 Å². The molecule has 0 fully saturated rings. The smallest absolute Gasteiger partial charge is 0.478 e. The molecule has 0 atom stereocenters. The first-order valence-electron chi connectivity index (χ1n) is 18.5. The van der Waals surface area contributed by atoms with Gasteiger partial charge in [-0.25, -0.2) is 14.8 Å². The van der Waals surface area contributed by atoms with Crippen LogP contribution >= 0.6 is 0 Å². The summed E-state index contributed by atoms with van der Waals surface area (Å²) in [6.45, 7) is 19.6. The molecule has 56 heavy (non-hydrogen) atoms. The Labute approximate surface area is 337 Å². The Bertz CT molecular complexity index is 2980. The Kier molecular flexibility index (Phi) is 8.44. The van der Waals surface area contributed by atoms with Gasteiger partial charge in [0.25, 0.3) is 0 Å². The Balaban J connectivity index is 0.00000441. The van der Waals surface area contributed by atoms with Gasteiger partial charge in [-0.3, -0.25) is 0 Å². The van der Waals surface area contributed by atoms with Crippen LogP contribution in [0.2, 0.25) is 0 Å². The molecule has 0 saturated carbocycles. The van der Waals surface area contributed by atoms with Crippen LogP contribution in [-0.2, 0) is 35.7 Å². The summed E-state index contributed by atoms with van der Waals surface area (Å²) in [7, 11) is 0. The number of hydrogen-bond acceptors (Lipinski definition) is 7. The van der Waals surface area contributed by atoms with Crippen LogP contribution in [-0.4, -0.2) is 41.0 Å². The Morgan fingerprint density at radius 3 is 1.79 bits per heavy atom. The summed E-state index contributed by atoms with van der Waals surface area (Å²) in [6, 6.07) is 23.5. The first kappa shape index (κ1) is 37.3. The molecule has 0 saturated heterocycles. The van der Waals surface area contributed by atoms with Crippen molar-refractivity contribution in [1.29, 1.82) is 0 Å². The predicted molar refractivity (Wildman–Crippen MR) is 217 cm³/mol. The van der Waals surface area contributed by atoms with Gasteiger partial charge in [0, 0.05) is 44.8 Å². The van der Waals surface area contributed by atoms with E-state index in [9.17, 15) is 9.90 Å². The maximum absolute atomic E-state index is 12.2. The average Bonchev–Trinajstić information content (AvgIpc) is 3.85. The van der Waals surface area contributed by atoms with Gasteiger partial charge in [-0.1, -0.05) is 117 Å². The van der Waals surface area contributed by atoms with Crippen molar-refractivity contribution in [2.75, 3.05) is 0 Å². The molecule has 7 aromatic rings. The van der Waals surface area contributed by atoms with E-state index in [1.54, 1.807) is 18.2 Å². The molecular weight excluding hydrogens is 750 g/mol. The van der Waals surface area contributed by atoms with Gasteiger partial charge in [-0.15, -0.1) is 0 Å². The number of fused-ring (bicyclic) bond motifs is 20. The topological polar surface area (TPSA) is 143 Å². The van der Waals surface area contributed by atoms with Crippen molar-refractivity contribution in [2.45, 2.75) is 78.6 Å². The van der Waals surface area contributed by atoms with Crippen LogP contribution in [0.3, 0.4) is 0 Å². The number of carbonyl (C=O) groups is 1. The largest absolute Gasteiger partial charge is 2.00 e. The van der Waals surface area contributed by atoms with Crippen molar-refractivity contribution in [2.24, 2.45) is 0 Å². The molecular formula is C45H40N8O2Zn. The summed E-state index contributed by atoms with van der Waals surface area (Å²) in [6.07, 6.45) is 0. The van der Waals surface area contributed by atoms with Gasteiger partial charge >= 0.3 is 25.4 Å². The van der Waals surface area contributed by atoms with Crippen molar-refractivity contribution in [1.82, 2.24) is 39.9 Å². The average molecular weight is 790 g/mol. The minimum absolute atomic E-state index is 0. The Morgan fingerprint density at radius 1 is 0.518 bits per heavy atom. The summed E-state index contributed by atoms with van der Waals surface area (Å²) in [4.78, 5) is 53.1. The standard InChI is InChI=1S/C45H41N8O2.Zn/c1-43(2,3)23-17-19-25-29(21-23)39-48-35(25)46-34-24-18-16-22(42(54)55)20-28(24)38(47-34)49-36-26-12-10-14-30(44(4,5)6)32(26)40(50-36)51-37-27-13-11-15-31(45(7,8)9)33(27)41(52-37)53-39;/h10-21H,1-9H3,(H2-,46,47,48,49,50,51,52,53,54,55);/q-1;+2/p-1. The van der Waals surface area contributed by atoms with Crippen LogP contribution in [0.15, 0.2) is 72.8 Å². The van der Waals surface area contributed by atoms with E-state index >= 15 is 0 Å². The SMILES string of the molecule is CC(C)(C)c1ccc2c3nc4nc(nc5[n-]c(nc6nc(nc([n-]3)c2c1)-c1c-6cccc1C(C)(C)C)c1c(C(C)(C)C)cccc51)-c1cc(C(=O)O)ccc1-4.[Zn+2]. The van der Waals surface area contributed by atoms with Gasteiger partial charge < -0.3 is 35.0 Å². The Hall–Kier alpha value is -5.67. The molecule has 4 aromatic carbocycles.